The van der Waals surface area contributed by atoms with E-state index in [9.17, 15) is 5.11 Å². The van der Waals surface area contributed by atoms with Crippen molar-refractivity contribution in [3.8, 4) is 11.5 Å². The summed E-state index contributed by atoms with van der Waals surface area (Å²) in [6.45, 7) is 4.11. The Morgan fingerprint density at radius 1 is 1.33 bits per heavy atom. The molecule has 0 heterocycles. The van der Waals surface area contributed by atoms with Gasteiger partial charge in [-0.2, -0.15) is 0 Å². The number of hydrogen-bond donors (Lipinski definition) is 2. The fourth-order valence-electron chi connectivity index (χ4n) is 1.65. The molecule has 102 valence electrons. The first-order valence-corrected chi connectivity index (χ1v) is 6.05. The molecule has 1 unspecified atom stereocenters. The highest BCUT2D eigenvalue weighted by molar-refractivity contribution is 6.33. The number of aliphatic hydroxyl groups excluding tert-OH is 1. The summed E-state index contributed by atoms with van der Waals surface area (Å²) in [5, 5.41) is 10.7. The van der Waals surface area contributed by atoms with E-state index in [0.29, 0.717) is 28.6 Å². The molecule has 0 amide bonds. The molecule has 4 nitrogen and oxygen atoms in total. The summed E-state index contributed by atoms with van der Waals surface area (Å²) >= 11 is 6.24. The van der Waals surface area contributed by atoms with Crippen molar-refractivity contribution >= 4 is 11.6 Å². The maximum Gasteiger partial charge on any atom is 0.179 e. The molecular weight excluding hydrogens is 254 g/mol. The van der Waals surface area contributed by atoms with Crippen molar-refractivity contribution in [1.82, 2.24) is 0 Å². The standard InChI is InChI=1S/C13H20ClNO3/c1-13(2,7-15)12(16)8-5-6-9(17-3)11(18-4)10(8)14/h5-6,12,16H,7,15H2,1-4H3. The highest BCUT2D eigenvalue weighted by atomic mass is 35.5. The lowest BCUT2D eigenvalue weighted by Crippen LogP contribution is -2.31. The Hall–Kier alpha value is -0.970. The van der Waals surface area contributed by atoms with Crippen molar-refractivity contribution < 1.29 is 14.6 Å². The molecule has 1 atom stereocenters. The van der Waals surface area contributed by atoms with Gasteiger partial charge < -0.3 is 20.3 Å². The number of rotatable bonds is 5. The van der Waals surface area contributed by atoms with Gasteiger partial charge in [0.25, 0.3) is 0 Å². The Balaban J connectivity index is 3.27. The third-order valence-electron chi connectivity index (χ3n) is 3.08. The maximum absolute atomic E-state index is 10.4. The van der Waals surface area contributed by atoms with E-state index in [2.05, 4.69) is 0 Å². The van der Waals surface area contributed by atoms with Gasteiger partial charge in [0.15, 0.2) is 11.5 Å². The van der Waals surface area contributed by atoms with Crippen LogP contribution in [0.3, 0.4) is 0 Å². The third-order valence-corrected chi connectivity index (χ3v) is 3.47. The smallest absolute Gasteiger partial charge is 0.179 e. The molecule has 0 aliphatic rings. The Kier molecular flexibility index (Phi) is 4.85. The van der Waals surface area contributed by atoms with Gasteiger partial charge in [-0.25, -0.2) is 0 Å². The zero-order chi connectivity index (χ0) is 13.9. The second-order valence-electron chi connectivity index (χ2n) is 4.80. The largest absolute Gasteiger partial charge is 0.493 e. The van der Waals surface area contributed by atoms with Crippen LogP contribution in [0.4, 0.5) is 0 Å². The summed E-state index contributed by atoms with van der Waals surface area (Å²) in [6, 6.07) is 3.45. The fourth-order valence-corrected chi connectivity index (χ4v) is 1.98. The van der Waals surface area contributed by atoms with E-state index < -0.39 is 11.5 Å². The number of hydrogen-bond acceptors (Lipinski definition) is 4. The van der Waals surface area contributed by atoms with Crippen molar-refractivity contribution in [3.63, 3.8) is 0 Å². The average molecular weight is 274 g/mol. The fraction of sp³-hybridized carbons (Fsp3) is 0.538. The van der Waals surface area contributed by atoms with Gasteiger partial charge >= 0.3 is 0 Å². The van der Waals surface area contributed by atoms with Gasteiger partial charge in [-0.3, -0.25) is 0 Å². The first-order valence-electron chi connectivity index (χ1n) is 5.67. The van der Waals surface area contributed by atoms with Crippen LogP contribution in [0.15, 0.2) is 12.1 Å². The molecule has 1 rings (SSSR count). The SMILES string of the molecule is COc1ccc(C(O)C(C)(C)CN)c(Cl)c1OC. The summed E-state index contributed by atoms with van der Waals surface area (Å²) in [5.74, 6) is 0.951. The summed E-state index contributed by atoms with van der Waals surface area (Å²) < 4.78 is 10.4. The summed E-state index contributed by atoms with van der Waals surface area (Å²) in [6.07, 6.45) is -0.769. The third kappa shape index (κ3) is 2.71. The minimum Gasteiger partial charge on any atom is -0.493 e. The number of nitrogens with two attached hydrogens (primary N) is 1. The van der Waals surface area contributed by atoms with E-state index >= 15 is 0 Å². The number of methoxy groups -OCH3 is 2. The normalized spacial score (nSPS) is 13.3. The molecule has 0 spiro atoms. The van der Waals surface area contributed by atoms with E-state index in [1.54, 1.807) is 12.1 Å². The van der Waals surface area contributed by atoms with Gasteiger partial charge in [-0.15, -0.1) is 0 Å². The Labute approximate surface area is 113 Å². The predicted octanol–water partition coefficient (Wildman–Crippen LogP) is 2.38. The van der Waals surface area contributed by atoms with Crippen LogP contribution in [-0.2, 0) is 0 Å². The number of benzene rings is 1. The van der Waals surface area contributed by atoms with Crippen molar-refractivity contribution in [2.45, 2.75) is 20.0 Å². The van der Waals surface area contributed by atoms with Gasteiger partial charge in [0, 0.05) is 17.5 Å². The van der Waals surface area contributed by atoms with E-state index in [-0.39, 0.29) is 0 Å². The quantitative estimate of drug-likeness (QED) is 0.864. The number of aliphatic hydroxyl groups is 1. The second kappa shape index (κ2) is 5.78. The maximum atomic E-state index is 10.4. The first kappa shape index (κ1) is 15.1. The van der Waals surface area contributed by atoms with Crippen LogP contribution >= 0.6 is 11.6 Å². The van der Waals surface area contributed by atoms with Crippen molar-refractivity contribution in [2.24, 2.45) is 11.1 Å². The molecule has 18 heavy (non-hydrogen) atoms. The Morgan fingerprint density at radius 2 is 1.94 bits per heavy atom. The minimum atomic E-state index is -0.769. The Bertz CT molecular complexity index is 421. The minimum absolute atomic E-state index is 0.346. The highest BCUT2D eigenvalue weighted by Crippen LogP contribution is 2.43. The molecule has 1 aromatic carbocycles. The lowest BCUT2D eigenvalue weighted by Gasteiger charge is -2.30. The highest BCUT2D eigenvalue weighted by Gasteiger charge is 2.30. The number of halogens is 1. The summed E-state index contributed by atoms with van der Waals surface area (Å²) in [4.78, 5) is 0. The molecule has 0 radical (unpaired) electrons. The molecule has 0 aliphatic heterocycles. The topological polar surface area (TPSA) is 64.7 Å². The monoisotopic (exact) mass is 273 g/mol. The number of ether oxygens (including phenoxy) is 2. The molecule has 0 aromatic heterocycles. The second-order valence-corrected chi connectivity index (χ2v) is 5.18. The molecule has 0 aliphatic carbocycles. The van der Waals surface area contributed by atoms with Gasteiger partial charge in [0.2, 0.25) is 0 Å². The lowest BCUT2D eigenvalue weighted by atomic mass is 9.82. The molecule has 0 saturated carbocycles. The lowest BCUT2D eigenvalue weighted by molar-refractivity contribution is 0.0554. The predicted molar refractivity (Wildman–Crippen MR) is 72.4 cm³/mol. The van der Waals surface area contributed by atoms with E-state index in [4.69, 9.17) is 26.8 Å². The van der Waals surface area contributed by atoms with Gasteiger partial charge in [0.1, 0.15) is 0 Å². The van der Waals surface area contributed by atoms with Crippen LogP contribution in [-0.4, -0.2) is 25.9 Å². The molecule has 0 bridgehead atoms. The van der Waals surface area contributed by atoms with E-state index in [1.807, 2.05) is 13.8 Å². The first-order chi connectivity index (χ1) is 8.38. The molecular formula is C13H20ClNO3. The molecule has 0 fully saturated rings. The van der Waals surface area contributed by atoms with Crippen LogP contribution < -0.4 is 15.2 Å². The molecule has 0 saturated heterocycles. The molecule has 3 N–H and O–H groups in total. The zero-order valence-corrected chi connectivity index (χ0v) is 11.9. The Morgan fingerprint density at radius 3 is 2.39 bits per heavy atom. The summed E-state index contributed by atoms with van der Waals surface area (Å²) in [7, 11) is 3.04. The molecule has 1 aromatic rings. The van der Waals surface area contributed by atoms with Crippen molar-refractivity contribution in [1.29, 1.82) is 0 Å². The van der Waals surface area contributed by atoms with Crippen LogP contribution in [0.25, 0.3) is 0 Å². The van der Waals surface area contributed by atoms with E-state index in [0.717, 1.165) is 0 Å². The molecule has 5 heteroatoms. The van der Waals surface area contributed by atoms with E-state index in [1.165, 1.54) is 14.2 Å². The zero-order valence-electron chi connectivity index (χ0n) is 11.2. The van der Waals surface area contributed by atoms with Crippen LogP contribution in [0, 0.1) is 5.41 Å². The average Bonchev–Trinajstić information content (AvgIpc) is 2.37. The van der Waals surface area contributed by atoms with Gasteiger partial charge in [0.05, 0.1) is 25.3 Å². The van der Waals surface area contributed by atoms with Crippen LogP contribution in [0.1, 0.15) is 25.5 Å². The van der Waals surface area contributed by atoms with Crippen LogP contribution in [0.2, 0.25) is 5.02 Å². The van der Waals surface area contributed by atoms with Crippen LogP contribution in [0.5, 0.6) is 11.5 Å². The van der Waals surface area contributed by atoms with Crippen molar-refractivity contribution in [3.05, 3.63) is 22.7 Å². The van der Waals surface area contributed by atoms with Gasteiger partial charge in [-0.05, 0) is 6.07 Å². The summed E-state index contributed by atoms with van der Waals surface area (Å²) in [5.41, 5.74) is 5.78. The van der Waals surface area contributed by atoms with Crippen molar-refractivity contribution in [2.75, 3.05) is 20.8 Å². The van der Waals surface area contributed by atoms with Gasteiger partial charge in [-0.1, -0.05) is 31.5 Å².